The van der Waals surface area contributed by atoms with Gasteiger partial charge in [0.15, 0.2) is 12.2 Å². The highest BCUT2D eigenvalue weighted by Gasteiger charge is 2.30. The number of carbonyl (C=O) groups excluding carboxylic acids is 4. The number of esters is 4. The molecule has 0 aromatic rings. The van der Waals surface area contributed by atoms with Crippen LogP contribution in [0.2, 0.25) is 0 Å². The molecule has 0 amide bonds. The van der Waals surface area contributed by atoms with E-state index in [1.54, 1.807) is 0 Å². The summed E-state index contributed by atoms with van der Waals surface area (Å²) in [5.74, 6) is -1.31. The molecule has 0 aromatic heterocycles. The zero-order valence-electron chi connectivity index (χ0n) is 59.7. The first kappa shape index (κ1) is 90.1. The lowest BCUT2D eigenvalue weighted by Gasteiger charge is -2.21. The van der Waals surface area contributed by atoms with Crippen LogP contribution in [-0.4, -0.2) is 96.7 Å². The van der Waals surface area contributed by atoms with Gasteiger partial charge in [-0.1, -0.05) is 330 Å². The molecule has 546 valence electrons. The van der Waals surface area contributed by atoms with Gasteiger partial charge in [-0.2, -0.15) is 0 Å². The van der Waals surface area contributed by atoms with E-state index in [2.05, 4.69) is 34.6 Å². The zero-order valence-corrected chi connectivity index (χ0v) is 61.5. The standard InChI is InChI=1S/C73H142O17P2/c1-6-9-12-15-18-21-23-32-37-42-47-52-57-71(76)84-63-69(90-73(78)59-54-49-44-39-34-30-28-26-25-27-29-31-36-40-45-50-55-66(4)5)65-88-92(81,82)86-61-67(74)60-85-91(79,80)87-64-68(62-83-70(75)56-51-46-41-35-20-17-14-11-8-3)89-72(77)58-53-48-43-38-33-24-22-19-16-13-10-7-2/h66-69,74H,6-65H2,1-5H3,(H,79,80)(H,81,82)/t67-,68+,69+/m0/s1. The van der Waals surface area contributed by atoms with Crippen molar-refractivity contribution in [2.75, 3.05) is 39.6 Å². The van der Waals surface area contributed by atoms with E-state index in [4.69, 9.17) is 37.0 Å². The minimum atomic E-state index is -4.95. The zero-order chi connectivity index (χ0) is 67.7. The molecule has 17 nitrogen and oxygen atoms in total. The predicted octanol–water partition coefficient (Wildman–Crippen LogP) is 21.3. The summed E-state index contributed by atoms with van der Waals surface area (Å²) in [5, 5.41) is 10.6. The third-order valence-electron chi connectivity index (χ3n) is 17.0. The lowest BCUT2D eigenvalue weighted by atomic mass is 10.0. The smallest absolute Gasteiger partial charge is 0.462 e. The van der Waals surface area contributed by atoms with E-state index in [0.717, 1.165) is 95.8 Å². The predicted molar refractivity (Wildman–Crippen MR) is 372 cm³/mol. The van der Waals surface area contributed by atoms with Crippen LogP contribution in [0.3, 0.4) is 0 Å². The molecule has 3 N–H and O–H groups in total. The molecule has 0 aliphatic carbocycles. The molecule has 0 heterocycles. The molecular formula is C73H142O17P2. The minimum absolute atomic E-state index is 0.108. The molecule has 0 rings (SSSR count). The van der Waals surface area contributed by atoms with Gasteiger partial charge >= 0.3 is 39.5 Å². The van der Waals surface area contributed by atoms with Crippen molar-refractivity contribution >= 4 is 39.5 Å². The van der Waals surface area contributed by atoms with Crippen LogP contribution in [0.25, 0.3) is 0 Å². The van der Waals surface area contributed by atoms with Gasteiger partial charge in [0, 0.05) is 25.7 Å². The summed E-state index contributed by atoms with van der Waals surface area (Å²) >= 11 is 0. The lowest BCUT2D eigenvalue weighted by molar-refractivity contribution is -0.161. The Kier molecular flexibility index (Phi) is 64.9. The maximum Gasteiger partial charge on any atom is 0.472 e. The SMILES string of the molecule is CCCCCCCCCCCCCCC(=O)OC[C@H](COP(=O)(O)OC[C@@H](O)COP(=O)(O)OC[C@@H](COC(=O)CCCCCCCCCCC)OC(=O)CCCCCCCCCCCCCC)OC(=O)CCCCCCCCCCCCCCCCCCC(C)C. The van der Waals surface area contributed by atoms with Crippen molar-refractivity contribution in [3.8, 4) is 0 Å². The Hall–Kier alpha value is -1.94. The number of carbonyl (C=O) groups is 4. The normalized spacial score (nSPS) is 14.0. The molecule has 0 bridgehead atoms. The Morgan fingerprint density at radius 3 is 0.739 bits per heavy atom. The van der Waals surface area contributed by atoms with Gasteiger partial charge in [-0.25, -0.2) is 9.13 Å². The molecule has 0 radical (unpaired) electrons. The van der Waals surface area contributed by atoms with Crippen molar-refractivity contribution in [1.29, 1.82) is 0 Å². The van der Waals surface area contributed by atoms with Crippen LogP contribution in [0.15, 0.2) is 0 Å². The van der Waals surface area contributed by atoms with Crippen LogP contribution in [0.4, 0.5) is 0 Å². The summed E-state index contributed by atoms with van der Waals surface area (Å²) in [6, 6.07) is 0. The van der Waals surface area contributed by atoms with Crippen molar-refractivity contribution in [3.63, 3.8) is 0 Å². The number of hydrogen-bond acceptors (Lipinski definition) is 15. The summed E-state index contributed by atoms with van der Waals surface area (Å²) in [7, 11) is -9.90. The van der Waals surface area contributed by atoms with Gasteiger partial charge in [0.1, 0.15) is 19.3 Å². The Labute approximate surface area is 562 Å². The van der Waals surface area contributed by atoms with Crippen molar-refractivity contribution in [1.82, 2.24) is 0 Å². The van der Waals surface area contributed by atoms with Gasteiger partial charge in [-0.15, -0.1) is 0 Å². The number of hydrogen-bond donors (Lipinski definition) is 3. The summed E-state index contributed by atoms with van der Waals surface area (Å²) in [6.07, 6.45) is 54.0. The topological polar surface area (TPSA) is 237 Å². The van der Waals surface area contributed by atoms with Crippen LogP contribution in [0.5, 0.6) is 0 Å². The second-order valence-electron chi connectivity index (χ2n) is 26.8. The van der Waals surface area contributed by atoms with Crippen molar-refractivity contribution in [2.24, 2.45) is 5.92 Å². The van der Waals surface area contributed by atoms with E-state index in [9.17, 15) is 43.2 Å². The van der Waals surface area contributed by atoms with Gasteiger partial charge in [0.2, 0.25) is 0 Å². The van der Waals surface area contributed by atoms with Gasteiger partial charge in [0.05, 0.1) is 26.4 Å². The molecule has 92 heavy (non-hydrogen) atoms. The maximum absolute atomic E-state index is 13.0. The lowest BCUT2D eigenvalue weighted by Crippen LogP contribution is -2.30. The Balaban J connectivity index is 5.20. The molecular weight excluding hydrogens is 1210 g/mol. The van der Waals surface area contributed by atoms with Gasteiger partial charge in [0.25, 0.3) is 0 Å². The molecule has 0 saturated heterocycles. The Morgan fingerprint density at radius 1 is 0.293 bits per heavy atom. The molecule has 19 heteroatoms. The number of ether oxygens (including phenoxy) is 4. The van der Waals surface area contributed by atoms with E-state index in [0.29, 0.717) is 25.7 Å². The maximum atomic E-state index is 13.0. The molecule has 0 spiro atoms. The van der Waals surface area contributed by atoms with E-state index < -0.39 is 97.5 Å². The van der Waals surface area contributed by atoms with Crippen LogP contribution >= 0.6 is 15.6 Å². The first-order valence-electron chi connectivity index (χ1n) is 38.1. The van der Waals surface area contributed by atoms with E-state index in [1.165, 1.54) is 205 Å². The number of phosphoric ester groups is 2. The average Bonchev–Trinajstić information content (AvgIpc) is 1.50. The first-order chi connectivity index (χ1) is 44.5. The van der Waals surface area contributed by atoms with Gasteiger partial charge in [-0.3, -0.25) is 37.3 Å². The summed E-state index contributed by atoms with van der Waals surface area (Å²) in [5.41, 5.74) is 0. The average molecular weight is 1350 g/mol. The molecule has 0 fully saturated rings. The highest BCUT2D eigenvalue weighted by Crippen LogP contribution is 2.45. The fourth-order valence-electron chi connectivity index (χ4n) is 11.2. The quantitative estimate of drug-likeness (QED) is 0.0222. The second-order valence-corrected chi connectivity index (χ2v) is 29.7. The number of unbranched alkanes of at least 4 members (excludes halogenated alkanes) is 45. The fourth-order valence-corrected chi connectivity index (χ4v) is 12.8. The van der Waals surface area contributed by atoms with Crippen molar-refractivity contribution in [3.05, 3.63) is 0 Å². The summed E-state index contributed by atoms with van der Waals surface area (Å²) in [4.78, 5) is 72.6. The third-order valence-corrected chi connectivity index (χ3v) is 18.9. The highest BCUT2D eigenvalue weighted by atomic mass is 31.2. The minimum Gasteiger partial charge on any atom is -0.462 e. The molecule has 0 aromatic carbocycles. The number of aliphatic hydroxyl groups excluding tert-OH is 1. The summed E-state index contributed by atoms with van der Waals surface area (Å²) in [6.45, 7) is 7.29. The fraction of sp³-hybridized carbons (Fsp3) is 0.945. The highest BCUT2D eigenvalue weighted by molar-refractivity contribution is 7.47. The van der Waals surface area contributed by atoms with E-state index in [1.807, 2.05) is 0 Å². The Morgan fingerprint density at radius 2 is 0.500 bits per heavy atom. The van der Waals surface area contributed by atoms with Crippen LogP contribution in [0.1, 0.15) is 381 Å². The third kappa shape index (κ3) is 66.7. The van der Waals surface area contributed by atoms with Gasteiger partial charge < -0.3 is 33.8 Å². The Bertz CT molecular complexity index is 1770. The molecule has 5 atom stereocenters. The largest absolute Gasteiger partial charge is 0.472 e. The van der Waals surface area contributed by atoms with Gasteiger partial charge in [-0.05, 0) is 31.6 Å². The number of aliphatic hydroxyl groups is 1. The first-order valence-corrected chi connectivity index (χ1v) is 41.1. The molecule has 0 aliphatic heterocycles. The van der Waals surface area contributed by atoms with Crippen molar-refractivity contribution < 1.29 is 80.2 Å². The molecule has 2 unspecified atom stereocenters. The van der Waals surface area contributed by atoms with Crippen molar-refractivity contribution in [2.45, 2.75) is 400 Å². The van der Waals surface area contributed by atoms with E-state index >= 15 is 0 Å². The summed E-state index contributed by atoms with van der Waals surface area (Å²) < 4.78 is 68.4. The van der Waals surface area contributed by atoms with Crippen LogP contribution in [-0.2, 0) is 65.4 Å². The molecule has 0 aliphatic rings. The van der Waals surface area contributed by atoms with Crippen LogP contribution < -0.4 is 0 Å². The molecule has 0 saturated carbocycles. The number of rotatable bonds is 73. The second kappa shape index (κ2) is 66.3. The van der Waals surface area contributed by atoms with Crippen LogP contribution in [0, 0.1) is 5.92 Å². The van der Waals surface area contributed by atoms with E-state index in [-0.39, 0.29) is 25.7 Å². The monoisotopic (exact) mass is 1350 g/mol. The number of phosphoric acid groups is 2.